The van der Waals surface area contributed by atoms with Gasteiger partial charge in [0.2, 0.25) is 0 Å². The molecule has 0 radical (unpaired) electrons. The van der Waals surface area contributed by atoms with Crippen molar-refractivity contribution in [2.75, 3.05) is 6.61 Å². The summed E-state index contributed by atoms with van der Waals surface area (Å²) in [5, 5.41) is 9.43. The van der Waals surface area contributed by atoms with E-state index >= 15 is 0 Å². The van der Waals surface area contributed by atoms with Crippen LogP contribution in [0.1, 0.15) is 32.8 Å². The molecule has 1 aromatic rings. The van der Waals surface area contributed by atoms with E-state index in [4.69, 9.17) is 4.43 Å². The van der Waals surface area contributed by atoms with Gasteiger partial charge in [0.15, 0.2) is 8.32 Å². The van der Waals surface area contributed by atoms with Crippen LogP contribution >= 0.6 is 0 Å². The molecule has 1 aromatic carbocycles. The molecule has 0 aliphatic heterocycles. The highest BCUT2D eigenvalue weighted by molar-refractivity contribution is 6.74. The Morgan fingerprint density at radius 3 is 2.32 bits per heavy atom. The first-order valence-electron chi connectivity index (χ1n) is 7.95. The van der Waals surface area contributed by atoms with E-state index in [2.05, 4.69) is 58.2 Å². The summed E-state index contributed by atoms with van der Waals surface area (Å²) in [6.45, 7) is 11.3. The molecule has 122 valence electrons. The summed E-state index contributed by atoms with van der Waals surface area (Å²) >= 11 is 0. The van der Waals surface area contributed by atoms with Gasteiger partial charge >= 0.3 is 0 Å². The second kappa shape index (κ2) is 8.46. The second-order valence-corrected chi connectivity index (χ2v) is 11.8. The quantitative estimate of drug-likeness (QED) is 0.564. The van der Waals surface area contributed by atoms with Crippen molar-refractivity contribution in [3.05, 3.63) is 54.1 Å². The average molecular weight is 319 g/mol. The third-order valence-electron chi connectivity index (χ3n) is 4.19. The van der Waals surface area contributed by atoms with E-state index < -0.39 is 8.32 Å². The second-order valence-electron chi connectivity index (χ2n) is 7.08. The molecule has 22 heavy (non-hydrogen) atoms. The minimum absolute atomic E-state index is 0.0219. The molecule has 1 unspecified atom stereocenters. The number of allylic oxidation sites excluding steroid dienone is 2. The molecule has 0 saturated carbocycles. The molecule has 0 aliphatic carbocycles. The van der Waals surface area contributed by atoms with Gasteiger partial charge in [0.1, 0.15) is 0 Å². The summed E-state index contributed by atoms with van der Waals surface area (Å²) in [7, 11) is -1.82. The maximum atomic E-state index is 9.25. The Morgan fingerprint density at radius 2 is 1.77 bits per heavy atom. The largest absolute Gasteiger partial charge is 0.410 e. The molecule has 0 bridgehead atoms. The van der Waals surface area contributed by atoms with E-state index in [1.807, 2.05) is 30.4 Å². The fourth-order valence-corrected chi connectivity index (χ4v) is 3.10. The number of rotatable bonds is 7. The third-order valence-corrected chi connectivity index (χ3v) is 8.70. The van der Waals surface area contributed by atoms with Crippen LogP contribution in [0.25, 0.3) is 6.08 Å². The van der Waals surface area contributed by atoms with Gasteiger partial charge in [-0.1, -0.05) is 75.4 Å². The van der Waals surface area contributed by atoms with Crippen molar-refractivity contribution >= 4 is 14.4 Å². The summed E-state index contributed by atoms with van der Waals surface area (Å²) in [6, 6.07) is 10.2. The molecule has 1 atom stereocenters. The van der Waals surface area contributed by atoms with Gasteiger partial charge in [-0.2, -0.15) is 0 Å². The van der Waals surface area contributed by atoms with Crippen molar-refractivity contribution in [3.63, 3.8) is 0 Å². The van der Waals surface area contributed by atoms with Gasteiger partial charge in [-0.05, 0) is 30.1 Å². The number of aliphatic hydroxyl groups is 1. The normalized spacial score (nSPS) is 14.8. The molecular weight excluding hydrogens is 288 g/mol. The van der Waals surface area contributed by atoms with Crippen molar-refractivity contribution in [2.45, 2.75) is 51.4 Å². The highest BCUT2D eigenvalue weighted by atomic mass is 28.4. The van der Waals surface area contributed by atoms with E-state index in [0.29, 0.717) is 6.42 Å². The molecule has 0 aliphatic rings. The van der Waals surface area contributed by atoms with Crippen molar-refractivity contribution < 1.29 is 9.53 Å². The van der Waals surface area contributed by atoms with E-state index in [1.165, 1.54) is 5.56 Å². The van der Waals surface area contributed by atoms with Crippen molar-refractivity contribution in [1.29, 1.82) is 0 Å². The van der Waals surface area contributed by atoms with Gasteiger partial charge in [-0.15, -0.1) is 0 Å². The molecule has 0 amide bonds. The lowest BCUT2D eigenvalue weighted by molar-refractivity contribution is 0.174. The Morgan fingerprint density at radius 1 is 1.14 bits per heavy atom. The summed E-state index contributed by atoms with van der Waals surface area (Å²) in [4.78, 5) is 0. The molecule has 0 saturated heterocycles. The van der Waals surface area contributed by atoms with Gasteiger partial charge < -0.3 is 9.53 Å². The van der Waals surface area contributed by atoms with E-state index in [0.717, 1.165) is 0 Å². The zero-order valence-electron chi connectivity index (χ0n) is 14.5. The number of hydrogen-bond donors (Lipinski definition) is 1. The predicted octanol–water partition coefficient (Wildman–Crippen LogP) is 5.03. The van der Waals surface area contributed by atoms with Crippen LogP contribution in [0, 0.1) is 0 Å². The minimum Gasteiger partial charge on any atom is -0.410 e. The van der Waals surface area contributed by atoms with Crippen LogP contribution in [0.3, 0.4) is 0 Å². The Bertz CT molecular complexity index is 484. The minimum atomic E-state index is -1.82. The Hall–Kier alpha value is -1.16. The van der Waals surface area contributed by atoms with E-state index in [9.17, 15) is 5.11 Å². The molecule has 0 fully saturated rings. The van der Waals surface area contributed by atoms with Gasteiger partial charge in [-0.3, -0.25) is 0 Å². The van der Waals surface area contributed by atoms with E-state index in [-0.39, 0.29) is 17.7 Å². The van der Waals surface area contributed by atoms with Crippen LogP contribution in [-0.4, -0.2) is 26.1 Å². The molecule has 3 heteroatoms. The molecule has 0 spiro atoms. The number of aliphatic hydroxyl groups excluding tert-OH is 1. The number of hydrogen-bond acceptors (Lipinski definition) is 2. The summed E-state index contributed by atoms with van der Waals surface area (Å²) in [5.74, 6) is 0. The lowest BCUT2D eigenvalue weighted by Crippen LogP contribution is -2.43. The van der Waals surface area contributed by atoms with Crippen molar-refractivity contribution in [3.8, 4) is 0 Å². The summed E-state index contributed by atoms with van der Waals surface area (Å²) in [5.41, 5.74) is 1.18. The molecule has 1 N–H and O–H groups in total. The molecule has 2 nitrogen and oxygen atoms in total. The molecule has 0 heterocycles. The van der Waals surface area contributed by atoms with Crippen molar-refractivity contribution in [1.82, 2.24) is 0 Å². The first kappa shape index (κ1) is 18.9. The zero-order valence-corrected chi connectivity index (χ0v) is 15.5. The van der Waals surface area contributed by atoms with Crippen LogP contribution in [0.5, 0.6) is 0 Å². The highest BCUT2D eigenvalue weighted by Crippen LogP contribution is 2.37. The smallest absolute Gasteiger partial charge is 0.192 e. The maximum absolute atomic E-state index is 9.25. The maximum Gasteiger partial charge on any atom is 0.192 e. The Kier molecular flexibility index (Phi) is 7.27. The van der Waals surface area contributed by atoms with Gasteiger partial charge in [0, 0.05) is 6.61 Å². The standard InChI is InChI=1S/C19H30O2Si/c1-19(2,3)22(4,5)21-18(15-16-20)14-10-9-13-17-11-7-6-8-12-17/h6-14,18,20H,15-16H2,1-5H3/b13-9+,14-10+. The first-order chi connectivity index (χ1) is 10.3. The molecular formula is C19H30O2Si. The van der Waals surface area contributed by atoms with Crippen LogP contribution in [0.4, 0.5) is 0 Å². The molecule has 1 rings (SSSR count). The Balaban J connectivity index is 2.68. The highest BCUT2D eigenvalue weighted by Gasteiger charge is 2.38. The van der Waals surface area contributed by atoms with Gasteiger partial charge in [0.25, 0.3) is 0 Å². The SMILES string of the molecule is CC(C)(C)[Si](C)(C)OC(/C=C/C=C/c1ccccc1)CCO. The van der Waals surface area contributed by atoms with Crippen molar-refractivity contribution in [2.24, 2.45) is 0 Å². The average Bonchev–Trinajstić information content (AvgIpc) is 2.43. The van der Waals surface area contributed by atoms with E-state index in [1.54, 1.807) is 0 Å². The summed E-state index contributed by atoms with van der Waals surface area (Å²) in [6.07, 6.45) is 8.78. The number of benzene rings is 1. The van der Waals surface area contributed by atoms with Crippen LogP contribution in [0.15, 0.2) is 48.6 Å². The summed E-state index contributed by atoms with van der Waals surface area (Å²) < 4.78 is 6.35. The monoisotopic (exact) mass is 318 g/mol. The Labute approximate surface area is 136 Å². The third kappa shape index (κ3) is 6.30. The molecule has 0 aromatic heterocycles. The van der Waals surface area contributed by atoms with Crippen LogP contribution in [-0.2, 0) is 4.43 Å². The fourth-order valence-electron chi connectivity index (χ4n) is 1.80. The lowest BCUT2D eigenvalue weighted by atomic mass is 10.2. The predicted molar refractivity (Wildman–Crippen MR) is 98.4 cm³/mol. The first-order valence-corrected chi connectivity index (χ1v) is 10.9. The topological polar surface area (TPSA) is 29.5 Å². The van der Waals surface area contributed by atoms with Crippen LogP contribution < -0.4 is 0 Å². The zero-order chi connectivity index (χ0) is 16.6. The van der Waals surface area contributed by atoms with Crippen LogP contribution in [0.2, 0.25) is 18.1 Å². The van der Waals surface area contributed by atoms with Gasteiger partial charge in [-0.25, -0.2) is 0 Å². The lowest BCUT2D eigenvalue weighted by Gasteiger charge is -2.38. The van der Waals surface area contributed by atoms with Gasteiger partial charge in [0.05, 0.1) is 6.10 Å². The fraction of sp³-hybridized carbons (Fsp3) is 0.474.